The topological polar surface area (TPSA) is 67.2 Å². The molecule has 28 heavy (non-hydrogen) atoms. The first-order valence-electron chi connectivity index (χ1n) is 10.5. The average Bonchev–Trinajstić information content (AvgIpc) is 3.38. The van der Waals surface area contributed by atoms with Gasteiger partial charge in [-0.2, -0.15) is 0 Å². The van der Waals surface area contributed by atoms with E-state index < -0.39 is 0 Å². The van der Waals surface area contributed by atoms with Crippen molar-refractivity contribution >= 4 is 5.91 Å². The number of pyridine rings is 1. The molecule has 2 aromatic heterocycles. The van der Waals surface area contributed by atoms with Gasteiger partial charge in [-0.3, -0.25) is 14.7 Å². The molecule has 2 aliphatic rings. The number of nitrogens with zero attached hydrogens (tertiary/aromatic N) is 6. The quantitative estimate of drug-likeness (QED) is 0.766. The minimum absolute atomic E-state index is 0.237. The number of hydrogen-bond acceptors (Lipinski definition) is 5. The largest absolute Gasteiger partial charge is 0.342 e. The minimum atomic E-state index is 0.237. The van der Waals surface area contributed by atoms with Crippen molar-refractivity contribution in [2.45, 2.75) is 51.0 Å². The SMILES string of the molecule is Cn1c(CN2CCCC2)nnc1[C@@H]1CCCN(C(=O)CCc2ccncc2)C1. The lowest BCUT2D eigenvalue weighted by molar-refractivity contribution is -0.132. The zero-order chi connectivity index (χ0) is 19.3. The van der Waals surface area contributed by atoms with E-state index in [4.69, 9.17) is 0 Å². The Morgan fingerprint density at radius 3 is 2.68 bits per heavy atom. The fraction of sp³-hybridized carbons (Fsp3) is 0.619. The molecule has 0 N–H and O–H groups in total. The van der Waals surface area contributed by atoms with Gasteiger partial charge < -0.3 is 9.47 Å². The Morgan fingerprint density at radius 2 is 1.89 bits per heavy atom. The average molecular weight is 383 g/mol. The van der Waals surface area contributed by atoms with E-state index in [1.807, 2.05) is 17.0 Å². The van der Waals surface area contributed by atoms with E-state index in [2.05, 4.69) is 31.7 Å². The molecule has 0 aliphatic carbocycles. The van der Waals surface area contributed by atoms with Gasteiger partial charge in [0.1, 0.15) is 11.6 Å². The summed E-state index contributed by atoms with van der Waals surface area (Å²) in [6, 6.07) is 3.96. The van der Waals surface area contributed by atoms with Gasteiger partial charge >= 0.3 is 0 Å². The molecule has 1 atom stereocenters. The highest BCUT2D eigenvalue weighted by atomic mass is 16.2. The van der Waals surface area contributed by atoms with Crippen LogP contribution in [0.3, 0.4) is 0 Å². The highest BCUT2D eigenvalue weighted by Gasteiger charge is 2.28. The molecule has 150 valence electrons. The normalized spacial score (nSPS) is 20.6. The molecule has 0 spiro atoms. The van der Waals surface area contributed by atoms with E-state index in [-0.39, 0.29) is 11.8 Å². The molecule has 2 aromatic rings. The lowest BCUT2D eigenvalue weighted by Crippen LogP contribution is -2.39. The number of aromatic nitrogens is 4. The Hall–Kier alpha value is -2.28. The van der Waals surface area contributed by atoms with Crippen LogP contribution < -0.4 is 0 Å². The molecule has 0 saturated carbocycles. The molecule has 4 rings (SSSR count). The van der Waals surface area contributed by atoms with Crippen LogP contribution in [-0.2, 0) is 24.8 Å². The highest BCUT2D eigenvalue weighted by molar-refractivity contribution is 5.76. The number of amides is 1. The van der Waals surface area contributed by atoms with Crippen LogP contribution >= 0.6 is 0 Å². The van der Waals surface area contributed by atoms with Crippen LogP contribution in [0.2, 0.25) is 0 Å². The van der Waals surface area contributed by atoms with Gasteiger partial charge in [0, 0.05) is 44.9 Å². The Balaban J connectivity index is 1.35. The van der Waals surface area contributed by atoms with Crippen LogP contribution in [0.25, 0.3) is 0 Å². The second kappa shape index (κ2) is 8.82. The lowest BCUT2D eigenvalue weighted by atomic mass is 9.96. The number of hydrogen-bond donors (Lipinski definition) is 0. The molecule has 0 radical (unpaired) electrons. The first kappa shape index (κ1) is 19.1. The van der Waals surface area contributed by atoms with Crippen molar-refractivity contribution in [3.63, 3.8) is 0 Å². The summed E-state index contributed by atoms with van der Waals surface area (Å²) in [6.45, 7) is 4.80. The van der Waals surface area contributed by atoms with E-state index >= 15 is 0 Å². The Labute approximate surface area is 166 Å². The van der Waals surface area contributed by atoms with Crippen molar-refractivity contribution in [3.8, 4) is 0 Å². The maximum atomic E-state index is 12.7. The van der Waals surface area contributed by atoms with Crippen LogP contribution in [-0.4, -0.2) is 61.6 Å². The highest BCUT2D eigenvalue weighted by Crippen LogP contribution is 2.26. The number of carbonyl (C=O) groups excluding carboxylic acids is 1. The van der Waals surface area contributed by atoms with E-state index in [9.17, 15) is 4.79 Å². The lowest BCUT2D eigenvalue weighted by Gasteiger charge is -2.32. The molecule has 1 amide bonds. The maximum absolute atomic E-state index is 12.7. The van der Waals surface area contributed by atoms with E-state index in [1.54, 1.807) is 12.4 Å². The van der Waals surface area contributed by atoms with Crippen LogP contribution in [0.15, 0.2) is 24.5 Å². The summed E-state index contributed by atoms with van der Waals surface area (Å²) in [4.78, 5) is 21.2. The summed E-state index contributed by atoms with van der Waals surface area (Å²) in [6.07, 6.45) is 9.55. The molecule has 2 fully saturated rings. The Bertz CT molecular complexity index is 783. The van der Waals surface area contributed by atoms with E-state index in [0.717, 1.165) is 69.2 Å². The zero-order valence-corrected chi connectivity index (χ0v) is 16.8. The van der Waals surface area contributed by atoms with Gasteiger partial charge in [0.15, 0.2) is 0 Å². The number of piperidine rings is 1. The Morgan fingerprint density at radius 1 is 1.11 bits per heavy atom. The molecule has 0 aromatic carbocycles. The Kier molecular flexibility index (Phi) is 6.00. The maximum Gasteiger partial charge on any atom is 0.222 e. The monoisotopic (exact) mass is 382 g/mol. The van der Waals surface area contributed by atoms with Crippen LogP contribution in [0.5, 0.6) is 0 Å². The molecule has 7 nitrogen and oxygen atoms in total. The number of carbonyl (C=O) groups is 1. The number of likely N-dealkylation sites (tertiary alicyclic amines) is 2. The molecular weight excluding hydrogens is 352 g/mol. The molecule has 0 bridgehead atoms. The van der Waals surface area contributed by atoms with Crippen molar-refractivity contribution in [2.75, 3.05) is 26.2 Å². The fourth-order valence-corrected chi connectivity index (χ4v) is 4.38. The second-order valence-corrected chi connectivity index (χ2v) is 8.05. The second-order valence-electron chi connectivity index (χ2n) is 8.05. The van der Waals surface area contributed by atoms with Gasteiger partial charge in [-0.05, 0) is 62.9 Å². The van der Waals surface area contributed by atoms with E-state index in [0.29, 0.717) is 6.42 Å². The third-order valence-electron chi connectivity index (χ3n) is 6.08. The third-order valence-corrected chi connectivity index (χ3v) is 6.08. The molecule has 0 unspecified atom stereocenters. The molecule has 7 heteroatoms. The van der Waals surface area contributed by atoms with Gasteiger partial charge in [0.2, 0.25) is 5.91 Å². The molecule has 4 heterocycles. The van der Waals surface area contributed by atoms with Crippen molar-refractivity contribution in [1.82, 2.24) is 29.5 Å². The predicted octanol–water partition coefficient (Wildman–Crippen LogP) is 2.14. The first-order chi connectivity index (χ1) is 13.7. The summed E-state index contributed by atoms with van der Waals surface area (Å²) >= 11 is 0. The summed E-state index contributed by atoms with van der Waals surface area (Å²) in [7, 11) is 2.07. The van der Waals surface area contributed by atoms with Crippen molar-refractivity contribution in [1.29, 1.82) is 0 Å². The summed E-state index contributed by atoms with van der Waals surface area (Å²) in [5, 5.41) is 8.97. The first-order valence-corrected chi connectivity index (χ1v) is 10.5. The van der Waals surface area contributed by atoms with Crippen LogP contribution in [0.4, 0.5) is 0 Å². The molecule has 2 saturated heterocycles. The third kappa shape index (κ3) is 4.41. The van der Waals surface area contributed by atoms with Crippen molar-refractivity contribution in [2.24, 2.45) is 7.05 Å². The van der Waals surface area contributed by atoms with Gasteiger partial charge in [0.05, 0.1) is 6.54 Å². The van der Waals surface area contributed by atoms with Crippen LogP contribution in [0, 0.1) is 0 Å². The fourth-order valence-electron chi connectivity index (χ4n) is 4.38. The summed E-state index contributed by atoms with van der Waals surface area (Å²) in [5.74, 6) is 2.59. The smallest absolute Gasteiger partial charge is 0.222 e. The van der Waals surface area contributed by atoms with Crippen molar-refractivity contribution < 1.29 is 4.79 Å². The number of rotatable bonds is 6. The van der Waals surface area contributed by atoms with Gasteiger partial charge in [-0.25, -0.2) is 0 Å². The van der Waals surface area contributed by atoms with Gasteiger partial charge in [-0.1, -0.05) is 0 Å². The summed E-state index contributed by atoms with van der Waals surface area (Å²) in [5.41, 5.74) is 1.16. The van der Waals surface area contributed by atoms with Crippen LogP contribution in [0.1, 0.15) is 55.2 Å². The number of aryl methyl sites for hydroxylation is 1. The molecule has 2 aliphatic heterocycles. The molecular formula is C21H30N6O. The van der Waals surface area contributed by atoms with Crippen molar-refractivity contribution in [3.05, 3.63) is 41.7 Å². The van der Waals surface area contributed by atoms with Gasteiger partial charge in [0.25, 0.3) is 0 Å². The van der Waals surface area contributed by atoms with Gasteiger partial charge in [-0.15, -0.1) is 10.2 Å². The minimum Gasteiger partial charge on any atom is -0.342 e. The standard InChI is InChI=1S/C21H30N6O/c1-25-19(16-26-12-2-3-13-26)23-24-21(25)18-5-4-14-27(15-18)20(28)7-6-17-8-10-22-11-9-17/h8-11,18H,2-7,12-16H2,1H3/t18-/m1/s1. The van der Waals surface area contributed by atoms with E-state index in [1.165, 1.54) is 12.8 Å². The zero-order valence-electron chi connectivity index (χ0n) is 16.8. The summed E-state index contributed by atoms with van der Waals surface area (Å²) < 4.78 is 2.16. The predicted molar refractivity (Wildman–Crippen MR) is 107 cm³/mol.